The molecule has 0 N–H and O–H groups in total. The number of benzene rings is 1. The van der Waals surface area contributed by atoms with Gasteiger partial charge in [0, 0.05) is 0 Å². The van der Waals surface area contributed by atoms with Crippen LogP contribution >= 0.6 is 0 Å². The Kier molecular flexibility index (Phi) is 3.18. The van der Waals surface area contributed by atoms with Gasteiger partial charge in [-0.1, -0.05) is 60.2 Å². The molecule has 0 amide bonds. The van der Waals surface area contributed by atoms with Gasteiger partial charge in [-0.25, -0.2) is 0 Å². The fraction of sp³-hybridized carbons (Fsp3) is 0.200. The average molecular weight is 196 g/mol. The van der Waals surface area contributed by atoms with Crippen LogP contribution in [0.4, 0.5) is 0 Å². The third kappa shape index (κ3) is 2.69. The van der Waals surface area contributed by atoms with Crippen molar-refractivity contribution in [2.24, 2.45) is 0 Å². The van der Waals surface area contributed by atoms with Crippen molar-refractivity contribution in [3.63, 3.8) is 0 Å². The summed E-state index contributed by atoms with van der Waals surface area (Å²) in [5.41, 5.74) is 4.31. The molecule has 0 bridgehead atoms. The second kappa shape index (κ2) is 4.79. The van der Waals surface area contributed by atoms with E-state index in [4.69, 9.17) is 0 Å². The molecule has 3 rings (SSSR count). The summed E-state index contributed by atoms with van der Waals surface area (Å²) in [5.74, 6) is 0. The van der Waals surface area contributed by atoms with Gasteiger partial charge < -0.3 is 0 Å². The van der Waals surface area contributed by atoms with Gasteiger partial charge in [0.25, 0.3) is 0 Å². The number of hydrogen-bond donors (Lipinski definition) is 0. The van der Waals surface area contributed by atoms with E-state index in [9.17, 15) is 0 Å². The van der Waals surface area contributed by atoms with Crippen LogP contribution in [0.25, 0.3) is 6.08 Å². The van der Waals surface area contributed by atoms with Gasteiger partial charge in [-0.05, 0) is 30.9 Å². The number of hydrogen-bond acceptors (Lipinski definition) is 0. The lowest BCUT2D eigenvalue weighted by Gasteiger charge is -1.93. The minimum Gasteiger partial charge on any atom is -0.0805 e. The summed E-state index contributed by atoms with van der Waals surface area (Å²) in [5, 5.41) is 0. The lowest BCUT2D eigenvalue weighted by molar-refractivity contribution is 1.25. The van der Waals surface area contributed by atoms with E-state index in [0.717, 1.165) is 6.42 Å². The van der Waals surface area contributed by atoms with Crippen molar-refractivity contribution in [2.75, 3.05) is 0 Å². The van der Waals surface area contributed by atoms with Gasteiger partial charge >= 0.3 is 0 Å². The van der Waals surface area contributed by atoms with Crippen LogP contribution in [0, 0.1) is 0 Å². The SMILES string of the molecule is C1=Cc2ccccc2C1.CC1=CC=CC1. The molecule has 1 aromatic carbocycles. The normalized spacial score (nSPS) is 15.7. The number of rotatable bonds is 0. The van der Waals surface area contributed by atoms with Crippen molar-refractivity contribution < 1.29 is 0 Å². The van der Waals surface area contributed by atoms with Crippen LogP contribution in [0.3, 0.4) is 0 Å². The maximum atomic E-state index is 2.20. The van der Waals surface area contributed by atoms with Crippen molar-refractivity contribution in [3.8, 4) is 0 Å². The predicted octanol–water partition coefficient (Wildman–Crippen LogP) is 4.15. The van der Waals surface area contributed by atoms with E-state index in [1.807, 2.05) is 0 Å². The van der Waals surface area contributed by atoms with Crippen LogP contribution < -0.4 is 0 Å². The molecule has 0 unspecified atom stereocenters. The molecule has 0 spiro atoms. The minimum absolute atomic E-state index is 1.12. The first-order chi connectivity index (χ1) is 7.36. The van der Waals surface area contributed by atoms with E-state index in [1.54, 1.807) is 0 Å². The monoisotopic (exact) mass is 196 g/mol. The Morgan fingerprint density at radius 3 is 2.47 bits per heavy atom. The van der Waals surface area contributed by atoms with Gasteiger partial charge in [0.05, 0.1) is 0 Å². The fourth-order valence-electron chi connectivity index (χ4n) is 1.75. The molecule has 2 aliphatic rings. The first-order valence-electron chi connectivity index (χ1n) is 5.43. The zero-order valence-electron chi connectivity index (χ0n) is 9.11. The lowest BCUT2D eigenvalue weighted by atomic mass is 10.1. The largest absolute Gasteiger partial charge is 0.0805 e. The lowest BCUT2D eigenvalue weighted by Crippen LogP contribution is -1.76. The first kappa shape index (κ1) is 9.97. The summed E-state index contributed by atoms with van der Waals surface area (Å²) >= 11 is 0. The Morgan fingerprint density at radius 2 is 1.87 bits per heavy atom. The van der Waals surface area contributed by atoms with Crippen LogP contribution in [-0.2, 0) is 6.42 Å². The molecule has 0 fully saturated rings. The molecule has 15 heavy (non-hydrogen) atoms. The second-order valence-corrected chi connectivity index (χ2v) is 3.95. The highest BCUT2D eigenvalue weighted by Gasteiger charge is 2.00. The minimum atomic E-state index is 1.12. The van der Waals surface area contributed by atoms with E-state index < -0.39 is 0 Å². The zero-order valence-corrected chi connectivity index (χ0v) is 9.11. The van der Waals surface area contributed by atoms with E-state index in [-0.39, 0.29) is 0 Å². The van der Waals surface area contributed by atoms with Crippen LogP contribution in [0.5, 0.6) is 0 Å². The van der Waals surface area contributed by atoms with Gasteiger partial charge in [0.15, 0.2) is 0 Å². The molecule has 0 nitrogen and oxygen atoms in total. The summed E-state index contributed by atoms with van der Waals surface area (Å²) in [7, 11) is 0. The Hall–Kier alpha value is -1.56. The molecular weight excluding hydrogens is 180 g/mol. The maximum absolute atomic E-state index is 2.20. The maximum Gasteiger partial charge on any atom is -0.00882 e. The molecule has 0 saturated heterocycles. The molecule has 76 valence electrons. The van der Waals surface area contributed by atoms with E-state index in [0.29, 0.717) is 0 Å². The summed E-state index contributed by atoms with van der Waals surface area (Å²) < 4.78 is 0. The number of allylic oxidation sites excluding steroid dienone is 5. The van der Waals surface area contributed by atoms with Crippen LogP contribution in [-0.4, -0.2) is 0 Å². The fourth-order valence-corrected chi connectivity index (χ4v) is 1.75. The van der Waals surface area contributed by atoms with Crippen molar-refractivity contribution in [3.05, 3.63) is 65.3 Å². The van der Waals surface area contributed by atoms with Gasteiger partial charge in [0.2, 0.25) is 0 Å². The molecular formula is C15H16. The smallest absolute Gasteiger partial charge is 0.00882 e. The molecule has 0 aromatic heterocycles. The first-order valence-corrected chi connectivity index (χ1v) is 5.43. The Labute approximate surface area is 91.6 Å². The van der Waals surface area contributed by atoms with Crippen molar-refractivity contribution in [2.45, 2.75) is 19.8 Å². The highest BCUT2D eigenvalue weighted by atomic mass is 14.0. The average Bonchev–Trinajstić information content (AvgIpc) is 2.88. The highest BCUT2D eigenvalue weighted by Crippen LogP contribution is 2.17. The summed E-state index contributed by atoms with van der Waals surface area (Å²) in [6, 6.07) is 8.49. The van der Waals surface area contributed by atoms with E-state index in [1.165, 1.54) is 23.1 Å². The van der Waals surface area contributed by atoms with Crippen molar-refractivity contribution in [1.82, 2.24) is 0 Å². The topological polar surface area (TPSA) is 0 Å². The van der Waals surface area contributed by atoms with Gasteiger partial charge in [-0.3, -0.25) is 0 Å². The van der Waals surface area contributed by atoms with Gasteiger partial charge in [-0.15, -0.1) is 0 Å². The van der Waals surface area contributed by atoms with Gasteiger partial charge in [-0.2, -0.15) is 0 Å². The number of fused-ring (bicyclic) bond motifs is 1. The predicted molar refractivity (Wildman–Crippen MR) is 66.7 cm³/mol. The van der Waals surface area contributed by atoms with Crippen LogP contribution in [0.1, 0.15) is 24.5 Å². The molecule has 2 aliphatic carbocycles. The standard InChI is InChI=1S/C9H8.C6H8/c1-2-5-9-7-3-6-8(9)4-1;1-6-4-2-3-5-6/h1-6H,7H2;2-4H,5H2,1H3. The van der Waals surface area contributed by atoms with Crippen molar-refractivity contribution in [1.29, 1.82) is 0 Å². The summed E-state index contributed by atoms with van der Waals surface area (Å²) in [6.45, 7) is 2.14. The molecule has 0 saturated carbocycles. The highest BCUT2D eigenvalue weighted by molar-refractivity contribution is 5.59. The molecule has 0 atom stereocenters. The molecule has 0 heteroatoms. The summed E-state index contributed by atoms with van der Waals surface area (Å²) in [6.07, 6.45) is 13.1. The van der Waals surface area contributed by atoms with Crippen LogP contribution in [0.2, 0.25) is 0 Å². The quantitative estimate of drug-likeness (QED) is 0.584. The Balaban J connectivity index is 0.000000124. The Morgan fingerprint density at radius 1 is 1.00 bits per heavy atom. The second-order valence-electron chi connectivity index (χ2n) is 3.95. The summed E-state index contributed by atoms with van der Waals surface area (Å²) in [4.78, 5) is 0. The van der Waals surface area contributed by atoms with Crippen LogP contribution in [0.15, 0.2) is 54.1 Å². The zero-order chi connectivity index (χ0) is 10.5. The van der Waals surface area contributed by atoms with E-state index in [2.05, 4.69) is 61.6 Å². The third-order valence-corrected chi connectivity index (χ3v) is 2.65. The van der Waals surface area contributed by atoms with E-state index >= 15 is 0 Å². The van der Waals surface area contributed by atoms with Gasteiger partial charge in [0.1, 0.15) is 0 Å². The molecule has 0 aliphatic heterocycles. The molecule has 0 heterocycles. The molecule has 1 aromatic rings. The molecule has 0 radical (unpaired) electrons. The Bertz CT molecular complexity index is 419. The third-order valence-electron chi connectivity index (χ3n) is 2.65. The van der Waals surface area contributed by atoms with Crippen molar-refractivity contribution >= 4 is 6.08 Å².